The van der Waals surface area contributed by atoms with Crippen LogP contribution >= 0.6 is 56.7 Å². The highest BCUT2D eigenvalue weighted by atomic mass is 32.1. The molecule has 0 spiro atoms. The molecule has 10 aromatic heterocycles. The van der Waals surface area contributed by atoms with Gasteiger partial charge in [-0.15, -0.1) is 56.7 Å². The summed E-state index contributed by atoms with van der Waals surface area (Å²) >= 11 is 9.33. The molecule has 6 atom stereocenters. The number of rotatable bonds is 15. The van der Waals surface area contributed by atoms with Crippen LogP contribution < -0.4 is 32.3 Å². The number of aliphatic hydroxyl groups is 2. The van der Waals surface area contributed by atoms with Crippen LogP contribution in [0.25, 0.3) is 51.1 Å². The monoisotopic (exact) mass is 1760 g/mol. The molecule has 658 valence electrons. The molecule has 2 saturated heterocycles. The first kappa shape index (κ1) is 87.1. The Labute approximate surface area is 753 Å². The Morgan fingerprint density at radius 3 is 1.21 bits per heavy atom. The number of nitrogens with zero attached hydrogens (tertiary/aromatic N) is 12. The van der Waals surface area contributed by atoms with E-state index in [1.807, 2.05) is 56.7 Å². The number of benzene rings is 2. The Morgan fingerprint density at radius 2 is 0.758 bits per heavy atom. The van der Waals surface area contributed by atoms with Gasteiger partial charge in [0, 0.05) is 99.9 Å². The van der Waals surface area contributed by atoms with Gasteiger partial charge in [-0.3, -0.25) is 9.80 Å². The van der Waals surface area contributed by atoms with Crippen molar-refractivity contribution >= 4 is 137 Å². The molecule has 0 bridgehead atoms. The van der Waals surface area contributed by atoms with E-state index < -0.39 is 0 Å². The van der Waals surface area contributed by atoms with E-state index in [1.54, 1.807) is 36.5 Å². The molecule has 2 aliphatic heterocycles. The zero-order valence-corrected chi connectivity index (χ0v) is 77.9. The molecule has 3 saturated carbocycles. The van der Waals surface area contributed by atoms with E-state index in [0.29, 0.717) is 41.7 Å². The number of hydrogen-bond acceptors (Lipinski definition) is 25. The van der Waals surface area contributed by atoms with Gasteiger partial charge in [-0.05, 0) is 267 Å². The van der Waals surface area contributed by atoms with Gasteiger partial charge in [-0.2, -0.15) is 0 Å². The first-order chi connectivity index (χ1) is 60.5. The van der Waals surface area contributed by atoms with Crippen LogP contribution in [-0.2, 0) is 77.3 Å². The molecular formula is C99H130N18O2S5. The van der Waals surface area contributed by atoms with Crippen molar-refractivity contribution in [2.45, 2.75) is 309 Å². The second-order valence-electron chi connectivity index (χ2n) is 38.9. The topological polar surface area (TPSA) is 262 Å². The van der Waals surface area contributed by atoms with Crippen LogP contribution in [0.2, 0.25) is 0 Å². The summed E-state index contributed by atoms with van der Waals surface area (Å²) in [5, 5.41) is 44.5. The number of aromatic nitrogens is 10. The summed E-state index contributed by atoms with van der Waals surface area (Å²) in [5.41, 5.74) is 16.7. The third-order valence-electron chi connectivity index (χ3n) is 28.6. The smallest absolute Gasteiger partial charge is 0.138 e. The molecule has 22 rings (SSSR count). The van der Waals surface area contributed by atoms with Crippen LogP contribution in [0.3, 0.4) is 0 Å². The van der Waals surface area contributed by atoms with Crippen LogP contribution in [0.4, 0.5) is 29.1 Å². The van der Waals surface area contributed by atoms with Crippen LogP contribution in [0.15, 0.2) is 92.3 Å². The molecule has 5 unspecified atom stereocenters. The summed E-state index contributed by atoms with van der Waals surface area (Å²) < 4.78 is 0. The van der Waals surface area contributed by atoms with Gasteiger partial charge in [-0.25, -0.2) is 49.8 Å². The fourth-order valence-electron chi connectivity index (χ4n) is 21.3. The van der Waals surface area contributed by atoms with Gasteiger partial charge in [0.15, 0.2) is 0 Å². The van der Waals surface area contributed by atoms with Gasteiger partial charge < -0.3 is 42.5 Å². The lowest BCUT2D eigenvalue weighted by Gasteiger charge is -2.32. The van der Waals surface area contributed by atoms with Crippen LogP contribution in [0, 0.1) is 29.1 Å². The van der Waals surface area contributed by atoms with Crippen molar-refractivity contribution < 1.29 is 10.2 Å². The van der Waals surface area contributed by atoms with Crippen molar-refractivity contribution in [1.82, 2.24) is 59.6 Å². The normalized spacial score (nSPS) is 24.7. The van der Waals surface area contributed by atoms with Gasteiger partial charge in [0.1, 0.15) is 84.9 Å². The SMILES string of the molecule is CC1(C)CCc2sc3ncnc(NC4CCC(N)CC4)c3c2C1.CC1CCc2c(sc3ncnc(NC4CCN(Cc5ccccc5)CC4)c23)C1.CC1CCc2sc3ncnc(NC4CCCC(O)C4)c3c2C1.CCC1CCc2c(sc3ncnc(NC4CCN(Cc5ccccc5)CC4)c23)C1.C[C@@H]1CCc2sc3ncnc(NC4CCC(O)CC4)c3c2C1. The van der Waals surface area contributed by atoms with E-state index in [2.05, 4.69) is 188 Å². The van der Waals surface area contributed by atoms with Crippen molar-refractivity contribution in [3.8, 4) is 0 Å². The molecule has 25 heteroatoms. The maximum absolute atomic E-state index is 9.89. The highest BCUT2D eigenvalue weighted by Gasteiger charge is 2.35. The van der Waals surface area contributed by atoms with Crippen molar-refractivity contribution in [2.24, 2.45) is 34.8 Å². The Kier molecular flexibility index (Phi) is 28.1. The van der Waals surface area contributed by atoms with E-state index >= 15 is 0 Å². The lowest BCUT2D eigenvalue weighted by molar-refractivity contribution is 0.124. The standard InChI is InChI=1S/C24H30N4S.C23H28N4S.C18H26N4S.2C17H23N3OS/c1-2-17-8-9-20-21(14-17)29-24-22(20)23(25-16-26-24)27-19-10-12-28(13-11-19)15-18-6-4-3-5-7-18;1-16-7-8-19-20(13-16)28-23-21(19)22(24-15-25-23)26-18-9-11-27(12-10-18)14-17-5-3-2-4-6-17;1-18(2)8-7-14-13(9-18)15-16(20-10-21-17(15)23-14)22-12-5-3-11(19)4-6-12;1-10-2-7-14-13(8-10)15-16(18-9-19-17(15)22-14)20-11-3-5-12(21)6-4-11;1-10-5-6-14-13(7-10)15-16(18-9-19-17(15)22-14)20-11-3-2-4-12(21)8-11/h3-7,16-17,19H,2,8-15H2,1H3,(H,25,26,27);2-6,15-16,18H,7-14H2,1H3,(H,24,25,26);10-12H,3-9,19H2,1-2H3,(H,20,21,22);2*9-12,21H,2-8H2,1H3,(H,18,19,20)/t;;;10-,11?,12?;/m...1./s1. The van der Waals surface area contributed by atoms with Crippen molar-refractivity contribution in [1.29, 1.82) is 0 Å². The second-order valence-corrected chi connectivity index (χ2v) is 44.3. The molecule has 0 radical (unpaired) electrons. The lowest BCUT2D eigenvalue weighted by atomic mass is 9.76. The van der Waals surface area contributed by atoms with E-state index in [-0.39, 0.29) is 12.2 Å². The third kappa shape index (κ3) is 20.9. The highest BCUT2D eigenvalue weighted by molar-refractivity contribution is 7.20. The average molecular weight is 1760 g/mol. The van der Waals surface area contributed by atoms with Crippen molar-refractivity contribution in [3.05, 3.63) is 156 Å². The Hall–Kier alpha value is -7.56. The van der Waals surface area contributed by atoms with Crippen molar-refractivity contribution in [3.63, 3.8) is 0 Å². The number of fused-ring (bicyclic) bond motifs is 15. The molecule has 10 aliphatic rings. The summed E-state index contributed by atoms with van der Waals surface area (Å²) in [6, 6.07) is 24.3. The summed E-state index contributed by atoms with van der Waals surface area (Å²) in [6.07, 6.45) is 44.8. The first-order valence-corrected chi connectivity index (χ1v) is 51.3. The second kappa shape index (κ2) is 40.0. The van der Waals surface area contributed by atoms with Gasteiger partial charge in [0.2, 0.25) is 0 Å². The van der Waals surface area contributed by atoms with Crippen LogP contribution in [0.5, 0.6) is 0 Å². The molecule has 20 nitrogen and oxygen atoms in total. The van der Waals surface area contributed by atoms with Gasteiger partial charge in [0.25, 0.3) is 0 Å². The molecule has 9 N–H and O–H groups in total. The predicted octanol–water partition coefficient (Wildman–Crippen LogP) is 21.1. The number of aliphatic hydroxyl groups excluding tert-OH is 2. The molecule has 12 heterocycles. The fraction of sp³-hybridized carbons (Fsp3) is 0.576. The minimum atomic E-state index is -0.167. The van der Waals surface area contributed by atoms with E-state index in [1.165, 1.54) is 199 Å². The van der Waals surface area contributed by atoms with E-state index in [0.717, 1.165) is 208 Å². The zero-order chi connectivity index (χ0) is 84.8. The average Bonchev–Trinajstić information content (AvgIpc) is 1.62. The molecule has 12 aromatic rings. The molecule has 8 aliphatic carbocycles. The van der Waals surface area contributed by atoms with E-state index in [9.17, 15) is 10.2 Å². The molecule has 5 fully saturated rings. The van der Waals surface area contributed by atoms with Crippen LogP contribution in [0.1, 0.15) is 246 Å². The largest absolute Gasteiger partial charge is 0.393 e. The summed E-state index contributed by atoms with van der Waals surface area (Å²) in [7, 11) is 0. The molecule has 2 aromatic carbocycles. The number of anilines is 5. The number of aryl methyl sites for hydroxylation is 5. The Morgan fingerprint density at radius 1 is 0.379 bits per heavy atom. The summed E-state index contributed by atoms with van der Waals surface area (Å²) in [5.74, 6) is 8.31. The molecule has 0 amide bonds. The quantitative estimate of drug-likeness (QED) is 0.0474. The molecule has 124 heavy (non-hydrogen) atoms. The number of thiophene rings is 5. The first-order valence-electron chi connectivity index (χ1n) is 47.2. The van der Waals surface area contributed by atoms with Crippen LogP contribution in [-0.4, -0.2) is 144 Å². The van der Waals surface area contributed by atoms with Gasteiger partial charge in [-0.1, -0.05) is 109 Å². The minimum Gasteiger partial charge on any atom is -0.393 e. The maximum Gasteiger partial charge on any atom is 0.138 e. The summed E-state index contributed by atoms with van der Waals surface area (Å²) in [6.45, 7) is 20.8. The third-order valence-corrected chi connectivity index (χ3v) is 34.6. The number of nitrogens with one attached hydrogen (secondary N) is 5. The summed E-state index contributed by atoms with van der Waals surface area (Å²) in [4.78, 5) is 64.3. The Balaban J connectivity index is 0.000000106. The maximum atomic E-state index is 9.89. The zero-order valence-electron chi connectivity index (χ0n) is 73.8. The Bertz CT molecular complexity index is 5540. The molecular weight excluding hydrogens is 1630 g/mol. The van der Waals surface area contributed by atoms with Crippen molar-refractivity contribution in [2.75, 3.05) is 52.8 Å². The fourth-order valence-corrected chi connectivity index (χ4v) is 27.4. The number of hydrogen-bond donors (Lipinski definition) is 8. The number of nitrogens with two attached hydrogens (primary N) is 1. The minimum absolute atomic E-state index is 0.113. The van der Waals surface area contributed by atoms with Gasteiger partial charge >= 0.3 is 0 Å². The van der Waals surface area contributed by atoms with Gasteiger partial charge in [0.05, 0.1) is 39.1 Å². The highest BCUT2D eigenvalue weighted by Crippen LogP contribution is 2.48. The predicted molar refractivity (Wildman–Crippen MR) is 517 cm³/mol. The number of piperidine rings is 2. The lowest BCUT2D eigenvalue weighted by Crippen LogP contribution is -2.38. The van der Waals surface area contributed by atoms with E-state index in [4.69, 9.17) is 5.73 Å². The number of likely N-dealkylation sites (tertiary alicyclic amines) is 2.